The molecule has 0 radical (unpaired) electrons. The van der Waals surface area contributed by atoms with E-state index in [-0.39, 0.29) is 26.5 Å². The molecule has 1 fully saturated rings. The minimum absolute atomic E-state index is 0.0272. The molecule has 2 amide bonds. The van der Waals surface area contributed by atoms with E-state index >= 15 is 0 Å². The van der Waals surface area contributed by atoms with Gasteiger partial charge in [0, 0.05) is 34.4 Å². The monoisotopic (exact) mass is 531 g/mol. The third kappa shape index (κ3) is 5.61. The van der Waals surface area contributed by atoms with Gasteiger partial charge in [0.15, 0.2) is 0 Å². The molecule has 1 aliphatic heterocycles. The predicted molar refractivity (Wildman–Crippen MR) is 139 cm³/mol. The van der Waals surface area contributed by atoms with Crippen LogP contribution in [-0.2, 0) is 19.6 Å². The highest BCUT2D eigenvalue weighted by molar-refractivity contribution is 7.92. The van der Waals surface area contributed by atoms with E-state index in [0.29, 0.717) is 18.7 Å². The molecule has 1 saturated heterocycles. The Kier molecular flexibility index (Phi) is 7.35. The number of nitrogens with one attached hydrogen (secondary N) is 1. The summed E-state index contributed by atoms with van der Waals surface area (Å²) in [4.78, 5) is 26.8. The number of nitrogens with zero attached hydrogens (tertiary/aromatic N) is 2. The quantitative estimate of drug-likeness (QED) is 0.450. The van der Waals surface area contributed by atoms with Crippen molar-refractivity contribution in [3.8, 4) is 0 Å². The summed E-state index contributed by atoms with van der Waals surface area (Å²) in [5, 5.41) is 3.23. The van der Waals surface area contributed by atoms with Gasteiger partial charge < -0.3 is 10.2 Å². The fourth-order valence-corrected chi connectivity index (χ4v) is 5.93. The van der Waals surface area contributed by atoms with E-state index in [0.717, 1.165) is 22.0 Å². The lowest BCUT2D eigenvalue weighted by Crippen LogP contribution is -2.38. The highest BCUT2D eigenvalue weighted by Crippen LogP contribution is 2.30. The van der Waals surface area contributed by atoms with Crippen molar-refractivity contribution in [2.75, 3.05) is 27.6 Å². The summed E-state index contributed by atoms with van der Waals surface area (Å²) in [6.45, 7) is 2.02. The van der Waals surface area contributed by atoms with Crippen LogP contribution in [0.1, 0.15) is 18.4 Å². The molecule has 0 unspecified atom stereocenters. The van der Waals surface area contributed by atoms with Crippen molar-refractivity contribution in [2.45, 2.75) is 24.7 Å². The molecule has 35 heavy (non-hydrogen) atoms. The zero-order valence-corrected chi connectivity index (χ0v) is 21.2. The second-order valence-corrected chi connectivity index (χ2v) is 10.9. The van der Waals surface area contributed by atoms with Crippen molar-refractivity contribution in [3.63, 3.8) is 0 Å². The Hall–Kier alpha value is -3.07. The number of anilines is 3. The Morgan fingerprint density at radius 3 is 2.31 bits per heavy atom. The third-order valence-electron chi connectivity index (χ3n) is 5.60. The minimum Gasteiger partial charge on any atom is -0.325 e. The molecule has 182 valence electrons. The maximum Gasteiger partial charge on any atom is 0.264 e. The Bertz CT molecular complexity index is 1360. The molecule has 3 aromatic rings. The maximum atomic E-state index is 13.4. The summed E-state index contributed by atoms with van der Waals surface area (Å²) in [5.74, 6) is -0.475. The number of rotatable bonds is 7. The zero-order chi connectivity index (χ0) is 25.2. The van der Waals surface area contributed by atoms with Crippen molar-refractivity contribution in [3.05, 3.63) is 82.3 Å². The Morgan fingerprint density at radius 2 is 1.71 bits per heavy atom. The molecule has 1 aliphatic rings. The average Bonchev–Trinajstić information content (AvgIpc) is 3.23. The summed E-state index contributed by atoms with van der Waals surface area (Å²) < 4.78 is 27.9. The van der Waals surface area contributed by atoms with Gasteiger partial charge in [-0.25, -0.2) is 8.42 Å². The first-order valence-electron chi connectivity index (χ1n) is 10.9. The fourth-order valence-electron chi connectivity index (χ4n) is 3.99. The molecule has 7 nitrogen and oxygen atoms in total. The molecular weight excluding hydrogens is 509 g/mol. The minimum atomic E-state index is -4.10. The standard InChI is InChI=1S/C25H23Cl2N3O4S/c1-17-12-20(9-10-23(17)29-11-5-8-25(29)32)28-24(31)16-30(21-14-18(26)13-19(27)15-21)35(33,34)22-6-3-2-4-7-22/h2-4,6-7,9-10,12-15H,5,8,11,16H2,1H3,(H,28,31). The first-order chi connectivity index (χ1) is 16.6. The molecule has 4 rings (SSSR count). The molecule has 0 atom stereocenters. The Morgan fingerprint density at radius 1 is 1.03 bits per heavy atom. The SMILES string of the molecule is Cc1cc(NC(=O)CN(c2cc(Cl)cc(Cl)c2)S(=O)(=O)c2ccccc2)ccc1N1CCCC1=O. The van der Waals surface area contributed by atoms with Gasteiger partial charge in [0.2, 0.25) is 11.8 Å². The number of hydrogen-bond donors (Lipinski definition) is 1. The fraction of sp³-hybridized carbons (Fsp3) is 0.200. The van der Waals surface area contributed by atoms with Gasteiger partial charge in [-0.05, 0) is 67.4 Å². The van der Waals surface area contributed by atoms with Crippen LogP contribution in [0, 0.1) is 6.92 Å². The maximum absolute atomic E-state index is 13.4. The molecule has 0 saturated carbocycles. The third-order valence-corrected chi connectivity index (χ3v) is 7.82. The van der Waals surface area contributed by atoms with Crippen LogP contribution in [0.25, 0.3) is 0 Å². The van der Waals surface area contributed by atoms with Gasteiger partial charge in [0.1, 0.15) is 6.54 Å². The topological polar surface area (TPSA) is 86.8 Å². The van der Waals surface area contributed by atoms with Gasteiger partial charge in [0.25, 0.3) is 10.0 Å². The number of amides is 2. The Balaban J connectivity index is 1.60. The Labute approximate surface area is 214 Å². The highest BCUT2D eigenvalue weighted by Gasteiger charge is 2.28. The van der Waals surface area contributed by atoms with Crippen molar-refractivity contribution >= 4 is 62.1 Å². The number of carbonyl (C=O) groups is 2. The summed E-state index contributed by atoms with van der Waals surface area (Å²) in [7, 11) is -4.10. The average molecular weight is 532 g/mol. The number of aryl methyl sites for hydroxylation is 1. The zero-order valence-electron chi connectivity index (χ0n) is 18.9. The molecule has 0 spiro atoms. The van der Waals surface area contributed by atoms with Gasteiger partial charge >= 0.3 is 0 Å². The van der Waals surface area contributed by atoms with E-state index in [1.165, 1.54) is 30.3 Å². The van der Waals surface area contributed by atoms with Crippen LogP contribution in [0.2, 0.25) is 10.0 Å². The van der Waals surface area contributed by atoms with Gasteiger partial charge in [-0.1, -0.05) is 41.4 Å². The number of carbonyl (C=O) groups excluding carboxylic acids is 2. The number of halogens is 2. The van der Waals surface area contributed by atoms with E-state index in [1.54, 1.807) is 41.3 Å². The van der Waals surface area contributed by atoms with E-state index in [9.17, 15) is 18.0 Å². The largest absolute Gasteiger partial charge is 0.325 e. The van der Waals surface area contributed by atoms with E-state index < -0.39 is 22.5 Å². The van der Waals surface area contributed by atoms with Gasteiger partial charge in [0.05, 0.1) is 10.6 Å². The second kappa shape index (κ2) is 10.3. The lowest BCUT2D eigenvalue weighted by molar-refractivity contribution is -0.117. The molecule has 0 aliphatic carbocycles. The lowest BCUT2D eigenvalue weighted by Gasteiger charge is -2.25. The first kappa shape index (κ1) is 25.0. The van der Waals surface area contributed by atoms with Crippen molar-refractivity contribution in [1.29, 1.82) is 0 Å². The molecule has 1 N–H and O–H groups in total. The molecule has 3 aromatic carbocycles. The molecule has 1 heterocycles. The van der Waals surface area contributed by atoms with E-state index in [2.05, 4.69) is 5.32 Å². The predicted octanol–water partition coefficient (Wildman–Crippen LogP) is 5.26. The number of hydrogen-bond acceptors (Lipinski definition) is 4. The van der Waals surface area contributed by atoms with Gasteiger partial charge in [-0.2, -0.15) is 0 Å². The smallest absolute Gasteiger partial charge is 0.264 e. The second-order valence-electron chi connectivity index (χ2n) is 8.15. The molecular formula is C25H23Cl2N3O4S. The highest BCUT2D eigenvalue weighted by atomic mass is 35.5. The molecule has 0 bridgehead atoms. The van der Waals surface area contributed by atoms with Crippen LogP contribution in [0.15, 0.2) is 71.6 Å². The number of sulfonamides is 1. The molecule has 0 aromatic heterocycles. The van der Waals surface area contributed by atoms with E-state index in [4.69, 9.17) is 23.2 Å². The van der Waals surface area contributed by atoms with Crippen LogP contribution >= 0.6 is 23.2 Å². The summed E-state index contributed by atoms with van der Waals surface area (Å²) in [6, 6.07) is 17.4. The van der Waals surface area contributed by atoms with Crippen LogP contribution in [0.5, 0.6) is 0 Å². The lowest BCUT2D eigenvalue weighted by atomic mass is 10.1. The van der Waals surface area contributed by atoms with Crippen molar-refractivity contribution < 1.29 is 18.0 Å². The van der Waals surface area contributed by atoms with Crippen molar-refractivity contribution in [2.24, 2.45) is 0 Å². The molecule has 10 heteroatoms. The van der Waals surface area contributed by atoms with Crippen LogP contribution in [0.3, 0.4) is 0 Å². The first-order valence-corrected chi connectivity index (χ1v) is 13.1. The van der Waals surface area contributed by atoms with Crippen molar-refractivity contribution in [1.82, 2.24) is 0 Å². The van der Waals surface area contributed by atoms with Crippen LogP contribution in [-0.4, -0.2) is 33.3 Å². The summed E-state index contributed by atoms with van der Waals surface area (Å²) in [6.07, 6.45) is 1.34. The normalized spacial score (nSPS) is 13.7. The summed E-state index contributed by atoms with van der Waals surface area (Å²) in [5.41, 5.74) is 2.28. The number of benzene rings is 3. The van der Waals surface area contributed by atoms with E-state index in [1.807, 2.05) is 6.92 Å². The van der Waals surface area contributed by atoms with Crippen LogP contribution < -0.4 is 14.5 Å². The summed E-state index contributed by atoms with van der Waals surface area (Å²) >= 11 is 12.2. The van der Waals surface area contributed by atoms with Crippen LogP contribution in [0.4, 0.5) is 17.1 Å². The van der Waals surface area contributed by atoms with Gasteiger partial charge in [-0.3, -0.25) is 13.9 Å². The van der Waals surface area contributed by atoms with Gasteiger partial charge in [-0.15, -0.1) is 0 Å².